The Kier molecular flexibility index (Phi) is 6.08. The Morgan fingerprint density at radius 2 is 1.88 bits per heavy atom. The summed E-state index contributed by atoms with van der Waals surface area (Å²) in [5.74, 6) is -0.0177. The zero-order valence-corrected chi connectivity index (χ0v) is 15.9. The van der Waals surface area contributed by atoms with Crippen LogP contribution in [0, 0.1) is 13.8 Å². The largest absolute Gasteiger partial charge is 0.497 e. The summed E-state index contributed by atoms with van der Waals surface area (Å²) >= 11 is 0. The normalized spacial score (nSPS) is 21.0. The molecule has 0 aliphatic carbocycles. The number of hydrogen-bond acceptors (Lipinski definition) is 7. The van der Waals surface area contributed by atoms with Crippen molar-refractivity contribution in [2.75, 3.05) is 20.3 Å². The molecule has 1 aromatic rings. The van der Waals surface area contributed by atoms with Gasteiger partial charge in [0, 0.05) is 6.92 Å². The highest BCUT2D eigenvalue weighted by molar-refractivity contribution is 7.93. The number of aryl methyl sites for hydroxylation is 2. The van der Waals surface area contributed by atoms with E-state index < -0.39 is 20.7 Å². The number of nitrogens with one attached hydrogen (secondary N) is 1. The number of carbonyl (C=O) groups is 1. The van der Waals surface area contributed by atoms with Gasteiger partial charge in [0.1, 0.15) is 12.4 Å². The third kappa shape index (κ3) is 3.96. The maximum atomic E-state index is 13.5. The minimum atomic E-state index is -3.79. The van der Waals surface area contributed by atoms with Gasteiger partial charge in [-0.1, -0.05) is 0 Å². The molecule has 7 nitrogen and oxygen atoms in total. The standard InChI is InChI=1S/C17H25NO6S/c1-12-9-15(22-4)10-13(2)16(12)25(20,21)17(7-5-6-8-18-17)11-23-24-14(3)19/h9-10,18H,5-8,11H2,1-4H3/t17-/m0/s1. The zero-order valence-electron chi connectivity index (χ0n) is 15.0. The van der Waals surface area contributed by atoms with Crippen LogP contribution in [0.4, 0.5) is 0 Å². The van der Waals surface area contributed by atoms with E-state index in [0.717, 1.165) is 12.8 Å². The number of rotatable bonds is 6. The third-order valence-electron chi connectivity index (χ3n) is 4.38. The molecule has 0 aromatic heterocycles. The predicted molar refractivity (Wildman–Crippen MR) is 92.0 cm³/mol. The predicted octanol–water partition coefficient (Wildman–Crippen LogP) is 2.05. The van der Waals surface area contributed by atoms with Crippen LogP contribution in [0.15, 0.2) is 17.0 Å². The van der Waals surface area contributed by atoms with Crippen molar-refractivity contribution < 1.29 is 27.7 Å². The first kappa shape index (κ1) is 19.7. The van der Waals surface area contributed by atoms with E-state index in [1.165, 1.54) is 6.92 Å². The van der Waals surface area contributed by atoms with Crippen LogP contribution in [0.5, 0.6) is 5.75 Å². The zero-order chi connectivity index (χ0) is 18.7. The highest BCUT2D eigenvalue weighted by Gasteiger charge is 2.47. The molecule has 0 bridgehead atoms. The van der Waals surface area contributed by atoms with E-state index in [2.05, 4.69) is 10.2 Å². The van der Waals surface area contributed by atoms with Crippen molar-refractivity contribution in [3.05, 3.63) is 23.3 Å². The molecular weight excluding hydrogens is 346 g/mol. The molecule has 1 aliphatic rings. The topological polar surface area (TPSA) is 90.9 Å². The second-order valence-corrected chi connectivity index (χ2v) is 8.51. The maximum absolute atomic E-state index is 13.5. The molecule has 1 atom stereocenters. The number of hydrogen-bond donors (Lipinski definition) is 1. The van der Waals surface area contributed by atoms with Gasteiger partial charge >= 0.3 is 5.97 Å². The molecule has 0 amide bonds. The number of sulfone groups is 1. The number of methoxy groups -OCH3 is 1. The number of carbonyl (C=O) groups excluding carboxylic acids is 1. The van der Waals surface area contributed by atoms with Crippen LogP contribution >= 0.6 is 0 Å². The second kappa shape index (κ2) is 7.72. The maximum Gasteiger partial charge on any atom is 0.339 e. The summed E-state index contributed by atoms with van der Waals surface area (Å²) in [5.41, 5.74) is 1.21. The van der Waals surface area contributed by atoms with Gasteiger partial charge in [0.05, 0.1) is 12.0 Å². The Hall–Kier alpha value is -1.64. The summed E-state index contributed by atoms with van der Waals surface area (Å²) in [7, 11) is -2.25. The first-order chi connectivity index (χ1) is 11.7. The van der Waals surface area contributed by atoms with Crippen molar-refractivity contribution in [2.24, 2.45) is 0 Å². The molecule has 2 rings (SSSR count). The Bertz CT molecular complexity index is 715. The van der Waals surface area contributed by atoms with Crippen LogP contribution in [-0.4, -0.2) is 39.5 Å². The summed E-state index contributed by atoms with van der Waals surface area (Å²) in [6.07, 6.45) is 2.00. The van der Waals surface area contributed by atoms with E-state index in [0.29, 0.717) is 29.8 Å². The highest BCUT2D eigenvalue weighted by atomic mass is 32.2. The average molecular weight is 371 g/mol. The van der Waals surface area contributed by atoms with Gasteiger partial charge in [-0.25, -0.2) is 13.2 Å². The first-order valence-corrected chi connectivity index (χ1v) is 9.67. The molecule has 0 unspecified atom stereocenters. The molecule has 0 saturated carbocycles. The molecule has 1 fully saturated rings. The van der Waals surface area contributed by atoms with Crippen LogP contribution in [-0.2, 0) is 24.4 Å². The lowest BCUT2D eigenvalue weighted by Gasteiger charge is -2.37. The van der Waals surface area contributed by atoms with E-state index in [4.69, 9.17) is 9.62 Å². The van der Waals surface area contributed by atoms with Gasteiger partial charge < -0.3 is 4.74 Å². The van der Waals surface area contributed by atoms with Crippen molar-refractivity contribution in [1.29, 1.82) is 0 Å². The molecule has 1 N–H and O–H groups in total. The average Bonchev–Trinajstić information content (AvgIpc) is 2.54. The van der Waals surface area contributed by atoms with E-state index in [1.54, 1.807) is 33.1 Å². The number of benzene rings is 1. The summed E-state index contributed by atoms with van der Waals surface area (Å²) in [6, 6.07) is 3.40. The molecule has 8 heteroatoms. The quantitative estimate of drug-likeness (QED) is 0.604. The van der Waals surface area contributed by atoms with E-state index in [1.807, 2.05) is 0 Å². The fourth-order valence-corrected chi connectivity index (χ4v) is 5.49. The first-order valence-electron chi connectivity index (χ1n) is 8.18. The molecule has 0 radical (unpaired) electrons. The molecule has 25 heavy (non-hydrogen) atoms. The molecule has 1 saturated heterocycles. The van der Waals surface area contributed by atoms with Gasteiger partial charge in [-0.15, -0.1) is 0 Å². The lowest BCUT2D eigenvalue weighted by Crippen LogP contribution is -2.57. The Balaban J connectivity index is 2.47. The molecule has 1 heterocycles. The second-order valence-electron chi connectivity index (χ2n) is 6.31. The van der Waals surface area contributed by atoms with Crippen molar-refractivity contribution in [3.8, 4) is 5.75 Å². The van der Waals surface area contributed by atoms with E-state index in [-0.39, 0.29) is 11.5 Å². The van der Waals surface area contributed by atoms with E-state index >= 15 is 0 Å². The lowest BCUT2D eigenvalue weighted by molar-refractivity contribution is -0.275. The van der Waals surface area contributed by atoms with Gasteiger partial charge in [0.2, 0.25) is 0 Å². The van der Waals surface area contributed by atoms with Gasteiger partial charge in [-0.3, -0.25) is 10.2 Å². The van der Waals surface area contributed by atoms with Gasteiger partial charge in [-0.05, 0) is 62.9 Å². The van der Waals surface area contributed by atoms with Crippen LogP contribution in [0.2, 0.25) is 0 Å². The Labute approximate surface area is 148 Å². The molecule has 1 aliphatic heterocycles. The van der Waals surface area contributed by atoms with Crippen molar-refractivity contribution >= 4 is 15.8 Å². The van der Waals surface area contributed by atoms with Crippen molar-refractivity contribution in [2.45, 2.75) is 49.8 Å². The minimum Gasteiger partial charge on any atom is -0.497 e. The van der Waals surface area contributed by atoms with Gasteiger partial charge in [-0.2, -0.15) is 4.89 Å². The third-order valence-corrected chi connectivity index (χ3v) is 7.05. The van der Waals surface area contributed by atoms with Crippen LogP contribution < -0.4 is 10.1 Å². The highest BCUT2D eigenvalue weighted by Crippen LogP contribution is 2.36. The van der Waals surface area contributed by atoms with Crippen LogP contribution in [0.3, 0.4) is 0 Å². The number of piperidine rings is 1. The smallest absolute Gasteiger partial charge is 0.339 e. The Morgan fingerprint density at radius 3 is 2.36 bits per heavy atom. The monoisotopic (exact) mass is 371 g/mol. The van der Waals surface area contributed by atoms with Crippen LogP contribution in [0.25, 0.3) is 0 Å². The molecule has 0 spiro atoms. The fourth-order valence-electron chi connectivity index (χ4n) is 3.23. The van der Waals surface area contributed by atoms with Gasteiger partial charge in [0.25, 0.3) is 0 Å². The van der Waals surface area contributed by atoms with Crippen molar-refractivity contribution in [3.63, 3.8) is 0 Å². The summed E-state index contributed by atoms with van der Waals surface area (Å²) in [6.45, 7) is 4.97. The minimum absolute atomic E-state index is 0.258. The molecule has 140 valence electrons. The SMILES string of the molecule is COc1cc(C)c(S(=O)(=O)[C@]2(COOC(C)=O)CCCCN2)c(C)c1. The van der Waals surface area contributed by atoms with Gasteiger partial charge in [0.15, 0.2) is 14.7 Å². The fraction of sp³-hybridized carbons (Fsp3) is 0.588. The van der Waals surface area contributed by atoms with Crippen molar-refractivity contribution in [1.82, 2.24) is 5.32 Å². The lowest BCUT2D eigenvalue weighted by atomic mass is 10.1. The Morgan fingerprint density at radius 1 is 1.24 bits per heavy atom. The van der Waals surface area contributed by atoms with Crippen LogP contribution in [0.1, 0.15) is 37.3 Å². The molecular formula is C17H25NO6S. The summed E-state index contributed by atoms with van der Waals surface area (Å²) in [4.78, 5) is 19.4. The summed E-state index contributed by atoms with van der Waals surface area (Å²) in [5, 5.41) is 3.09. The number of ether oxygens (including phenoxy) is 1. The molecule has 1 aromatic carbocycles. The summed E-state index contributed by atoms with van der Waals surface area (Å²) < 4.78 is 32.2. The van der Waals surface area contributed by atoms with E-state index in [9.17, 15) is 13.2 Å².